The molecule has 3 aromatic heterocycles. The van der Waals surface area contributed by atoms with Gasteiger partial charge in [-0.1, -0.05) is 59.8 Å². The van der Waals surface area contributed by atoms with Crippen molar-refractivity contribution in [3.63, 3.8) is 0 Å². The number of H-pyrrole nitrogens is 2. The van der Waals surface area contributed by atoms with Crippen LogP contribution in [-0.2, 0) is 0 Å². The molecule has 0 saturated carbocycles. The van der Waals surface area contributed by atoms with E-state index in [4.69, 9.17) is 0 Å². The van der Waals surface area contributed by atoms with E-state index >= 15 is 0 Å². The topological polar surface area (TPSA) is 62.3 Å². The molecule has 0 unspecified atom stereocenters. The minimum Gasteiger partial charge on any atom is -0.361 e. The van der Waals surface area contributed by atoms with E-state index in [0.29, 0.717) is 0 Å². The second-order valence-electron chi connectivity index (χ2n) is 7.44. The van der Waals surface area contributed by atoms with Crippen molar-refractivity contribution < 1.29 is 0 Å². The van der Waals surface area contributed by atoms with Crippen molar-refractivity contribution >= 4 is 21.8 Å². The summed E-state index contributed by atoms with van der Waals surface area (Å²) in [4.78, 5) is 6.84. The zero-order valence-corrected chi connectivity index (χ0v) is 16.2. The van der Waals surface area contributed by atoms with E-state index in [1.54, 1.807) is 0 Å². The molecule has 0 aliphatic rings. The van der Waals surface area contributed by atoms with E-state index in [9.17, 15) is 0 Å². The number of nitrogens with one attached hydrogen (secondary N) is 2. The van der Waals surface area contributed by atoms with Crippen molar-refractivity contribution in [2.75, 3.05) is 0 Å². The lowest BCUT2D eigenvalue weighted by molar-refractivity contribution is 0.794. The number of nitrogens with zero attached hydrogens (tertiary/aromatic N) is 3. The number of rotatable bonds is 4. The van der Waals surface area contributed by atoms with Crippen molar-refractivity contribution in [1.29, 1.82) is 0 Å². The fraction of sp³-hybridized carbons (Fsp3) is 0.0400. The fourth-order valence-electron chi connectivity index (χ4n) is 4.27. The maximum atomic E-state index is 4.60. The Morgan fingerprint density at radius 2 is 1.23 bits per heavy atom. The Balaban J connectivity index is 1.58. The van der Waals surface area contributed by atoms with Crippen molar-refractivity contribution in [1.82, 2.24) is 25.0 Å². The van der Waals surface area contributed by atoms with E-state index in [-0.39, 0.29) is 5.92 Å². The average Bonchev–Trinajstić information content (AvgIpc) is 3.55. The number of fused-ring (bicyclic) bond motifs is 2. The molecule has 6 aromatic rings. The lowest BCUT2D eigenvalue weighted by atomic mass is 9.88. The predicted molar refractivity (Wildman–Crippen MR) is 119 cm³/mol. The van der Waals surface area contributed by atoms with Crippen LogP contribution in [0.1, 0.15) is 22.7 Å². The van der Waals surface area contributed by atoms with E-state index < -0.39 is 0 Å². The summed E-state index contributed by atoms with van der Waals surface area (Å²) < 4.78 is 1.84. The van der Waals surface area contributed by atoms with Gasteiger partial charge in [0.05, 0.1) is 23.5 Å². The van der Waals surface area contributed by atoms with Crippen LogP contribution in [0.25, 0.3) is 27.5 Å². The molecule has 0 atom stereocenters. The van der Waals surface area contributed by atoms with E-state index in [2.05, 4.69) is 81.2 Å². The second-order valence-corrected chi connectivity index (χ2v) is 7.44. The first-order valence-electron chi connectivity index (χ1n) is 9.98. The standard InChI is InChI=1S/C25H19N5/c1-2-8-17(9-3-1)30-16-24(28-29-30)25(20-14-26-22-12-6-4-10-18(20)22)21-15-27-23-13-7-5-11-19(21)23/h1-16,25-27H. The van der Waals surface area contributed by atoms with Gasteiger partial charge < -0.3 is 9.97 Å². The summed E-state index contributed by atoms with van der Waals surface area (Å²) in [6, 6.07) is 26.9. The van der Waals surface area contributed by atoms with Gasteiger partial charge in [-0.15, -0.1) is 5.10 Å². The molecule has 2 N–H and O–H groups in total. The molecule has 0 bridgehead atoms. The summed E-state index contributed by atoms with van der Waals surface area (Å²) >= 11 is 0. The molecular formula is C25H19N5. The summed E-state index contributed by atoms with van der Waals surface area (Å²) in [5.74, 6) is -0.0465. The van der Waals surface area contributed by atoms with E-state index in [1.807, 2.05) is 41.2 Å². The zero-order chi connectivity index (χ0) is 19.9. The van der Waals surface area contributed by atoms with Crippen LogP contribution in [0.5, 0.6) is 0 Å². The number of aromatic amines is 2. The Bertz CT molecular complexity index is 1380. The molecule has 5 heteroatoms. The smallest absolute Gasteiger partial charge is 0.0952 e. The summed E-state index contributed by atoms with van der Waals surface area (Å²) in [5, 5.41) is 11.4. The van der Waals surface area contributed by atoms with Gasteiger partial charge in [-0.25, -0.2) is 4.68 Å². The number of hydrogen-bond acceptors (Lipinski definition) is 2. The molecule has 3 aromatic carbocycles. The minimum absolute atomic E-state index is 0.0465. The molecule has 5 nitrogen and oxygen atoms in total. The molecule has 0 fully saturated rings. The molecule has 0 amide bonds. The van der Waals surface area contributed by atoms with Gasteiger partial charge in [0.15, 0.2) is 0 Å². The monoisotopic (exact) mass is 389 g/mol. The Labute approximate surface area is 173 Å². The van der Waals surface area contributed by atoms with Gasteiger partial charge in [-0.2, -0.15) is 0 Å². The third-order valence-electron chi connectivity index (χ3n) is 5.69. The first-order valence-corrected chi connectivity index (χ1v) is 9.98. The largest absolute Gasteiger partial charge is 0.361 e. The zero-order valence-electron chi connectivity index (χ0n) is 16.2. The lowest BCUT2D eigenvalue weighted by Crippen LogP contribution is -2.03. The Morgan fingerprint density at radius 1 is 0.667 bits per heavy atom. The Morgan fingerprint density at radius 3 is 1.87 bits per heavy atom. The number of para-hydroxylation sites is 3. The fourth-order valence-corrected chi connectivity index (χ4v) is 4.27. The van der Waals surface area contributed by atoms with Crippen molar-refractivity contribution in [3.05, 3.63) is 114 Å². The average molecular weight is 389 g/mol. The third-order valence-corrected chi connectivity index (χ3v) is 5.69. The lowest BCUT2D eigenvalue weighted by Gasteiger charge is -2.13. The molecule has 6 rings (SSSR count). The van der Waals surface area contributed by atoms with Crippen LogP contribution < -0.4 is 0 Å². The number of aromatic nitrogens is 5. The summed E-state index contributed by atoms with van der Waals surface area (Å²) in [6.45, 7) is 0. The number of benzene rings is 3. The Hall–Kier alpha value is -4.12. The maximum absolute atomic E-state index is 4.60. The first-order chi connectivity index (χ1) is 14.9. The highest BCUT2D eigenvalue weighted by molar-refractivity contribution is 5.88. The van der Waals surface area contributed by atoms with Crippen LogP contribution in [-0.4, -0.2) is 25.0 Å². The van der Waals surface area contributed by atoms with Crippen molar-refractivity contribution in [3.8, 4) is 5.69 Å². The molecule has 0 saturated heterocycles. The molecule has 30 heavy (non-hydrogen) atoms. The minimum atomic E-state index is -0.0465. The van der Waals surface area contributed by atoms with Crippen molar-refractivity contribution in [2.24, 2.45) is 0 Å². The molecular weight excluding hydrogens is 370 g/mol. The molecule has 0 aliphatic heterocycles. The van der Waals surface area contributed by atoms with E-state index in [0.717, 1.165) is 22.4 Å². The van der Waals surface area contributed by atoms with Crippen LogP contribution in [0.3, 0.4) is 0 Å². The van der Waals surface area contributed by atoms with Gasteiger partial charge in [-0.3, -0.25) is 0 Å². The van der Waals surface area contributed by atoms with Gasteiger partial charge in [0.1, 0.15) is 0 Å². The van der Waals surface area contributed by atoms with Gasteiger partial charge >= 0.3 is 0 Å². The number of hydrogen-bond donors (Lipinski definition) is 2. The van der Waals surface area contributed by atoms with Crippen LogP contribution in [0.4, 0.5) is 0 Å². The third kappa shape index (κ3) is 2.63. The molecule has 144 valence electrons. The van der Waals surface area contributed by atoms with Gasteiger partial charge in [-0.05, 0) is 35.4 Å². The summed E-state index contributed by atoms with van der Waals surface area (Å²) in [7, 11) is 0. The van der Waals surface area contributed by atoms with Gasteiger partial charge in [0, 0.05) is 34.2 Å². The Kier molecular flexibility index (Phi) is 3.77. The summed E-state index contributed by atoms with van der Waals surface area (Å²) in [6.07, 6.45) is 6.22. The highest BCUT2D eigenvalue weighted by atomic mass is 15.4. The molecule has 0 radical (unpaired) electrons. The van der Waals surface area contributed by atoms with Crippen LogP contribution in [0.2, 0.25) is 0 Å². The van der Waals surface area contributed by atoms with Gasteiger partial charge in [0.2, 0.25) is 0 Å². The van der Waals surface area contributed by atoms with E-state index in [1.165, 1.54) is 21.9 Å². The molecule has 0 spiro atoms. The van der Waals surface area contributed by atoms with Crippen LogP contribution >= 0.6 is 0 Å². The van der Waals surface area contributed by atoms with Gasteiger partial charge in [0.25, 0.3) is 0 Å². The summed E-state index contributed by atoms with van der Waals surface area (Å²) in [5.41, 5.74) is 6.52. The molecule has 0 aliphatic carbocycles. The first kappa shape index (κ1) is 16.8. The maximum Gasteiger partial charge on any atom is 0.0952 e. The molecule has 3 heterocycles. The van der Waals surface area contributed by atoms with Crippen molar-refractivity contribution in [2.45, 2.75) is 5.92 Å². The normalized spacial score (nSPS) is 11.6. The van der Waals surface area contributed by atoms with Crippen LogP contribution in [0.15, 0.2) is 97.5 Å². The van der Waals surface area contributed by atoms with Crippen LogP contribution in [0, 0.1) is 0 Å². The predicted octanol–water partition coefficient (Wildman–Crippen LogP) is 5.41. The highest BCUT2D eigenvalue weighted by Gasteiger charge is 2.25. The highest BCUT2D eigenvalue weighted by Crippen LogP contribution is 2.38. The second kappa shape index (κ2) is 6.74. The SMILES string of the molecule is c1ccc(-n2cc(C(c3c[nH]c4ccccc34)c3c[nH]c4ccccc34)nn2)cc1. The quantitative estimate of drug-likeness (QED) is 0.423.